The second-order valence-electron chi connectivity index (χ2n) is 10.2. The van der Waals surface area contributed by atoms with E-state index < -0.39 is 67.9 Å². The number of carbonyl (C=O) groups excluding carboxylic acids is 1. The fourth-order valence-corrected chi connectivity index (χ4v) is 7.11. The largest absolute Gasteiger partial charge is 0.390 e. The summed E-state index contributed by atoms with van der Waals surface area (Å²) in [4.78, 5) is 46.4. The molecule has 45 heavy (non-hydrogen) atoms. The summed E-state index contributed by atoms with van der Waals surface area (Å²) in [6.07, 6.45) is -3.87. The van der Waals surface area contributed by atoms with Crippen molar-refractivity contribution in [3.8, 4) is 0 Å². The van der Waals surface area contributed by atoms with Gasteiger partial charge in [0.2, 0.25) is 5.95 Å². The highest BCUT2D eigenvalue weighted by Gasteiger charge is 2.50. The first-order chi connectivity index (χ1) is 21.5. The predicted octanol–water partition coefficient (Wildman–Crippen LogP) is -0.908. The highest BCUT2D eigenvalue weighted by Crippen LogP contribution is 2.57. The van der Waals surface area contributed by atoms with E-state index in [2.05, 4.69) is 42.2 Å². The maximum Gasteiger partial charge on any atom is 0.386 e. The number of rotatable bonds is 11. The van der Waals surface area contributed by atoms with E-state index in [-0.39, 0.29) is 47.1 Å². The molecule has 0 radical (unpaired) electrons. The lowest BCUT2D eigenvalue weighted by Gasteiger charge is -2.24. The predicted molar refractivity (Wildman–Crippen MR) is 159 cm³/mol. The summed E-state index contributed by atoms with van der Waals surface area (Å²) in [6.45, 7) is -4.88. The Labute approximate surface area is 259 Å². The van der Waals surface area contributed by atoms with E-state index in [4.69, 9.17) is 34.5 Å². The molecule has 2 fully saturated rings. The number of nitrogen functional groups attached to an aromatic ring is 2. The third kappa shape index (κ3) is 5.96. The lowest BCUT2D eigenvalue weighted by Crippen LogP contribution is -2.36. The monoisotopic (exact) mass is 686 g/mol. The van der Waals surface area contributed by atoms with Crippen LogP contribution in [0.4, 0.5) is 11.8 Å². The average Bonchev–Trinajstić information content (AvgIpc) is 3.75. The molecule has 1 unspecified atom stereocenters. The average molecular weight is 687 g/mol. The summed E-state index contributed by atoms with van der Waals surface area (Å²) >= 11 is 4.08. The normalized spacial score (nSPS) is 29.9. The van der Waals surface area contributed by atoms with E-state index in [0.29, 0.717) is 6.29 Å². The van der Waals surface area contributed by atoms with Crippen LogP contribution in [0.2, 0.25) is 0 Å². The van der Waals surface area contributed by atoms with Gasteiger partial charge in [-0.15, -0.1) is 0 Å². The third-order valence-electron chi connectivity index (χ3n) is 7.48. The minimum atomic E-state index is -4.28. The molecule has 0 bridgehead atoms. The standard InChI is InChI=1S/C22H28N10O10P2S/c23-16-11-17(26-5-25-16)31(6-27-11)21-14(35)15(10(41-21)3-38-43)42-44(37,45)39-4-9-13(34)8(1-2-33)20(40-9)32-7-28-12-18(32)29-22(24)30-19(12)36/h2,5-10,13-15,20-21,34-35H,1,3-4,43H2,(H,37,45)(H2,23,25,26)(H3,24,29,30,36)/t8-,9-,10-,13+,14-,15-,20-,21-,44-/m1/s1. The molecule has 6 rings (SSSR count). The van der Waals surface area contributed by atoms with Gasteiger partial charge in [-0.2, -0.15) is 4.98 Å². The molecular weight excluding hydrogens is 658 g/mol. The van der Waals surface area contributed by atoms with Gasteiger partial charge in [0.1, 0.15) is 48.8 Å². The molecule has 6 heterocycles. The van der Waals surface area contributed by atoms with Crippen molar-refractivity contribution >= 4 is 68.9 Å². The van der Waals surface area contributed by atoms with Gasteiger partial charge >= 0.3 is 6.80 Å². The second-order valence-corrected chi connectivity index (χ2v) is 13.4. The lowest BCUT2D eigenvalue weighted by atomic mass is 9.97. The van der Waals surface area contributed by atoms with Crippen molar-refractivity contribution in [2.75, 3.05) is 24.7 Å². The van der Waals surface area contributed by atoms with Crippen molar-refractivity contribution in [2.24, 2.45) is 5.92 Å². The Morgan fingerprint density at radius 1 is 1.04 bits per heavy atom. The number of aromatic nitrogens is 8. The Kier molecular flexibility index (Phi) is 8.92. The highest BCUT2D eigenvalue weighted by molar-refractivity contribution is 8.44. The lowest BCUT2D eigenvalue weighted by molar-refractivity contribution is -0.110. The molecule has 0 spiro atoms. The molecule has 2 saturated heterocycles. The van der Waals surface area contributed by atoms with E-state index in [9.17, 15) is 24.4 Å². The van der Waals surface area contributed by atoms with Crippen molar-refractivity contribution in [3.05, 3.63) is 29.3 Å². The van der Waals surface area contributed by atoms with Crippen LogP contribution in [0.15, 0.2) is 23.8 Å². The molecule has 23 heteroatoms. The maximum atomic E-state index is 13.4. The van der Waals surface area contributed by atoms with Crippen LogP contribution in [0.25, 0.3) is 22.3 Å². The molecule has 4 aromatic rings. The van der Waals surface area contributed by atoms with Gasteiger partial charge in [0.15, 0.2) is 28.9 Å². The Bertz CT molecular complexity index is 1820. The van der Waals surface area contributed by atoms with Gasteiger partial charge in [0, 0.05) is 21.8 Å². The first-order valence-electron chi connectivity index (χ1n) is 13.3. The fourth-order valence-electron chi connectivity index (χ4n) is 5.43. The van der Waals surface area contributed by atoms with E-state index in [0.717, 1.165) is 0 Å². The molecule has 0 saturated carbocycles. The first kappa shape index (κ1) is 31.9. The van der Waals surface area contributed by atoms with Crippen LogP contribution < -0.4 is 17.0 Å². The van der Waals surface area contributed by atoms with Gasteiger partial charge in [0.25, 0.3) is 5.56 Å². The zero-order chi connectivity index (χ0) is 32.0. The van der Waals surface area contributed by atoms with Gasteiger partial charge in [-0.05, 0) is 0 Å². The number of carbonyl (C=O) groups is 1. The number of H-pyrrole nitrogens is 1. The Morgan fingerprint density at radius 2 is 1.76 bits per heavy atom. The van der Waals surface area contributed by atoms with Gasteiger partial charge in [-0.3, -0.25) is 28.0 Å². The Balaban J connectivity index is 1.18. The molecule has 0 aromatic carbocycles. The number of imidazole rings is 2. The van der Waals surface area contributed by atoms with Crippen molar-refractivity contribution in [2.45, 2.75) is 49.4 Å². The van der Waals surface area contributed by atoms with Crippen molar-refractivity contribution in [3.63, 3.8) is 0 Å². The summed E-state index contributed by atoms with van der Waals surface area (Å²) in [5, 5.41) is 22.2. The number of thiol groups is 1. The smallest absolute Gasteiger partial charge is 0.386 e. The van der Waals surface area contributed by atoms with Crippen LogP contribution in [0, 0.1) is 5.92 Å². The molecule has 2 aliphatic rings. The van der Waals surface area contributed by atoms with E-state index >= 15 is 0 Å². The maximum absolute atomic E-state index is 13.4. The quantitative estimate of drug-likeness (QED) is 0.0633. The SMILES string of the molecule is Nc1nc2c(ncn2[C@@H]2O[C@H](CO[P@@](=O)(S)O[C@H]3[C@@H](O)[C@H](n4cnc5c(N)ncnc54)O[C@@H]3COP)[C@@H](O)[C@H]2CC=O)c(=O)[nH]1. The molecule has 0 amide bonds. The molecule has 20 nitrogen and oxygen atoms in total. The Morgan fingerprint density at radius 3 is 2.49 bits per heavy atom. The number of hydrogen-bond acceptors (Lipinski definition) is 17. The summed E-state index contributed by atoms with van der Waals surface area (Å²) in [7, 11) is 2.05. The van der Waals surface area contributed by atoms with Crippen molar-refractivity contribution in [1.29, 1.82) is 0 Å². The van der Waals surface area contributed by atoms with E-state index in [1.807, 2.05) is 9.47 Å². The summed E-state index contributed by atoms with van der Waals surface area (Å²) in [6, 6.07) is 0. The van der Waals surface area contributed by atoms with Crippen molar-refractivity contribution in [1.82, 2.24) is 39.0 Å². The minimum Gasteiger partial charge on any atom is -0.390 e. The fraction of sp³-hybridized carbons (Fsp3) is 0.500. The number of ether oxygens (including phenoxy) is 2. The molecule has 242 valence electrons. The first-order valence-corrected chi connectivity index (χ1v) is 16.4. The van der Waals surface area contributed by atoms with Crippen LogP contribution in [0.1, 0.15) is 18.9 Å². The number of anilines is 2. The van der Waals surface area contributed by atoms with Crippen LogP contribution in [-0.4, -0.2) is 99.3 Å². The topological polar surface area (TPSA) is 280 Å². The zero-order valence-electron chi connectivity index (χ0n) is 23.0. The van der Waals surface area contributed by atoms with Crippen LogP contribution in [0.5, 0.6) is 0 Å². The van der Waals surface area contributed by atoms with E-state index in [1.165, 1.54) is 28.1 Å². The number of fused-ring (bicyclic) bond motifs is 2. The number of aldehydes is 1. The summed E-state index contributed by atoms with van der Waals surface area (Å²) < 4.78 is 44.4. The van der Waals surface area contributed by atoms with Crippen LogP contribution >= 0.6 is 28.5 Å². The number of hydrogen-bond donors (Lipinski definition) is 6. The molecule has 2 aliphatic heterocycles. The highest BCUT2D eigenvalue weighted by atomic mass is 32.7. The molecule has 4 aromatic heterocycles. The molecule has 10 atom stereocenters. The van der Waals surface area contributed by atoms with Crippen LogP contribution in [0.3, 0.4) is 0 Å². The van der Waals surface area contributed by atoms with Gasteiger partial charge in [0.05, 0.1) is 32.0 Å². The molecular formula is C22H28N10O10P2S. The molecule has 7 N–H and O–H groups in total. The number of nitrogens with one attached hydrogen (secondary N) is 1. The summed E-state index contributed by atoms with van der Waals surface area (Å²) in [5.41, 5.74) is 11.6. The number of nitrogens with two attached hydrogens (primary N) is 2. The number of aliphatic hydroxyl groups excluding tert-OH is 2. The second kappa shape index (κ2) is 12.6. The van der Waals surface area contributed by atoms with Gasteiger partial charge in [-0.25, -0.2) is 24.5 Å². The van der Waals surface area contributed by atoms with Crippen LogP contribution in [-0.2, 0) is 32.4 Å². The number of aliphatic hydroxyl groups is 2. The minimum absolute atomic E-state index is 0.0284. The molecule has 0 aliphatic carbocycles. The van der Waals surface area contributed by atoms with Gasteiger partial charge in [-0.1, -0.05) is 12.2 Å². The third-order valence-corrected chi connectivity index (χ3v) is 9.29. The number of nitrogens with zero attached hydrogens (tertiary/aromatic N) is 7. The van der Waals surface area contributed by atoms with Gasteiger partial charge < -0.3 is 40.5 Å². The van der Waals surface area contributed by atoms with Crippen molar-refractivity contribution < 1.29 is 42.6 Å². The Hall–Kier alpha value is -3.10. The summed E-state index contributed by atoms with van der Waals surface area (Å²) in [5.74, 6) is -0.869. The zero-order valence-corrected chi connectivity index (χ0v) is 25.9. The number of aromatic amines is 1. The van der Waals surface area contributed by atoms with E-state index in [1.54, 1.807) is 0 Å².